The van der Waals surface area contributed by atoms with Gasteiger partial charge in [0.05, 0.1) is 6.61 Å². The SMILES string of the molecule is CCCCCC/C=C/c1cccc(OCC2(C)CO2)c1. The standard InChI is InChI=1S/C18H26O2/c1-3-4-5-6-7-8-10-16-11-9-12-17(13-16)19-14-18(2)15-20-18/h8-13H,3-7,14-15H2,1-2H3/b10-8+. The van der Waals surface area contributed by atoms with Crippen LogP contribution in [-0.2, 0) is 4.74 Å². The van der Waals surface area contributed by atoms with E-state index in [1.165, 1.54) is 31.2 Å². The second kappa shape index (κ2) is 7.49. The van der Waals surface area contributed by atoms with E-state index in [4.69, 9.17) is 9.47 Å². The third kappa shape index (κ3) is 5.38. The number of hydrogen-bond donors (Lipinski definition) is 0. The number of allylic oxidation sites excluding steroid dienone is 1. The minimum absolute atomic E-state index is 0.0505. The van der Waals surface area contributed by atoms with Crippen LogP contribution in [-0.4, -0.2) is 18.8 Å². The number of rotatable bonds is 9. The molecule has 0 radical (unpaired) electrons. The lowest BCUT2D eigenvalue weighted by Gasteiger charge is -2.09. The lowest BCUT2D eigenvalue weighted by molar-refractivity contribution is 0.202. The fourth-order valence-corrected chi connectivity index (χ4v) is 2.06. The van der Waals surface area contributed by atoms with E-state index in [2.05, 4.69) is 38.1 Å². The summed E-state index contributed by atoms with van der Waals surface area (Å²) in [4.78, 5) is 0. The molecule has 2 rings (SSSR count). The molecule has 1 heterocycles. The van der Waals surface area contributed by atoms with Crippen LogP contribution < -0.4 is 4.74 Å². The Morgan fingerprint density at radius 1 is 1.30 bits per heavy atom. The second-order valence-electron chi connectivity index (χ2n) is 5.85. The Bertz CT molecular complexity index is 433. The first-order chi connectivity index (χ1) is 9.72. The fourth-order valence-electron chi connectivity index (χ4n) is 2.06. The van der Waals surface area contributed by atoms with Crippen LogP contribution in [0.4, 0.5) is 0 Å². The van der Waals surface area contributed by atoms with E-state index >= 15 is 0 Å². The maximum absolute atomic E-state index is 5.77. The Hall–Kier alpha value is -1.28. The highest BCUT2D eigenvalue weighted by atomic mass is 16.6. The molecular formula is C18H26O2. The average molecular weight is 274 g/mol. The largest absolute Gasteiger partial charge is 0.490 e. The average Bonchev–Trinajstić information content (AvgIpc) is 3.20. The predicted molar refractivity (Wildman–Crippen MR) is 84.1 cm³/mol. The van der Waals surface area contributed by atoms with E-state index in [9.17, 15) is 0 Å². The molecule has 1 fully saturated rings. The molecule has 0 saturated carbocycles. The Balaban J connectivity index is 1.75. The highest BCUT2D eigenvalue weighted by Gasteiger charge is 2.40. The van der Waals surface area contributed by atoms with Gasteiger partial charge in [-0.25, -0.2) is 0 Å². The molecule has 0 spiro atoms. The van der Waals surface area contributed by atoms with Crippen LogP contribution in [0.25, 0.3) is 6.08 Å². The maximum atomic E-state index is 5.77. The van der Waals surface area contributed by atoms with Crippen LogP contribution in [0.5, 0.6) is 5.75 Å². The van der Waals surface area contributed by atoms with Gasteiger partial charge in [0.15, 0.2) is 0 Å². The molecule has 0 amide bonds. The minimum atomic E-state index is -0.0505. The molecule has 1 atom stereocenters. The quantitative estimate of drug-likeness (QED) is 0.475. The molecule has 110 valence electrons. The summed E-state index contributed by atoms with van der Waals surface area (Å²) < 4.78 is 11.1. The Kier molecular flexibility index (Phi) is 5.66. The minimum Gasteiger partial charge on any atom is -0.490 e. The summed E-state index contributed by atoms with van der Waals surface area (Å²) in [6.45, 7) is 5.77. The van der Waals surface area contributed by atoms with Gasteiger partial charge in [0, 0.05) is 0 Å². The van der Waals surface area contributed by atoms with Crippen LogP contribution in [0.3, 0.4) is 0 Å². The van der Waals surface area contributed by atoms with E-state index < -0.39 is 0 Å². The second-order valence-corrected chi connectivity index (χ2v) is 5.85. The molecule has 1 aliphatic heterocycles. The fraction of sp³-hybridized carbons (Fsp3) is 0.556. The van der Waals surface area contributed by atoms with Crippen molar-refractivity contribution in [2.45, 2.75) is 51.6 Å². The van der Waals surface area contributed by atoms with Gasteiger partial charge in [-0.15, -0.1) is 0 Å². The van der Waals surface area contributed by atoms with Crippen molar-refractivity contribution < 1.29 is 9.47 Å². The monoisotopic (exact) mass is 274 g/mol. The summed E-state index contributed by atoms with van der Waals surface area (Å²) in [5.74, 6) is 0.926. The first-order valence-corrected chi connectivity index (χ1v) is 7.75. The predicted octanol–water partition coefficient (Wildman–Crippen LogP) is 4.84. The molecule has 0 aliphatic carbocycles. The van der Waals surface area contributed by atoms with Crippen LogP contribution in [0, 0.1) is 0 Å². The Morgan fingerprint density at radius 3 is 2.90 bits per heavy atom. The van der Waals surface area contributed by atoms with Crippen molar-refractivity contribution in [1.82, 2.24) is 0 Å². The molecule has 1 saturated heterocycles. The normalized spacial score (nSPS) is 21.3. The molecule has 1 aliphatic rings. The van der Waals surface area contributed by atoms with E-state index in [1.54, 1.807) is 0 Å². The number of ether oxygens (including phenoxy) is 2. The summed E-state index contributed by atoms with van der Waals surface area (Å²) >= 11 is 0. The van der Waals surface area contributed by atoms with Gasteiger partial charge < -0.3 is 9.47 Å². The lowest BCUT2D eigenvalue weighted by Crippen LogP contribution is -2.16. The van der Waals surface area contributed by atoms with Crippen LogP contribution in [0.1, 0.15) is 51.5 Å². The summed E-state index contributed by atoms with van der Waals surface area (Å²) in [5, 5.41) is 0. The van der Waals surface area contributed by atoms with E-state index in [-0.39, 0.29) is 5.60 Å². The summed E-state index contributed by atoms with van der Waals surface area (Å²) in [7, 11) is 0. The van der Waals surface area contributed by atoms with Crippen molar-refractivity contribution in [3.05, 3.63) is 35.9 Å². The molecule has 2 nitrogen and oxygen atoms in total. The van der Waals surface area contributed by atoms with E-state index in [0.29, 0.717) is 6.61 Å². The number of hydrogen-bond acceptors (Lipinski definition) is 2. The van der Waals surface area contributed by atoms with Gasteiger partial charge in [0.25, 0.3) is 0 Å². The van der Waals surface area contributed by atoms with Crippen molar-refractivity contribution in [2.75, 3.05) is 13.2 Å². The van der Waals surface area contributed by atoms with Crippen LogP contribution >= 0.6 is 0 Å². The number of unbranched alkanes of at least 4 members (excludes halogenated alkanes) is 4. The molecule has 1 aromatic carbocycles. The molecule has 2 heteroatoms. The third-order valence-electron chi connectivity index (χ3n) is 3.57. The third-order valence-corrected chi connectivity index (χ3v) is 3.57. The molecule has 1 unspecified atom stereocenters. The zero-order valence-corrected chi connectivity index (χ0v) is 12.7. The lowest BCUT2D eigenvalue weighted by atomic mass is 10.1. The number of epoxide rings is 1. The van der Waals surface area contributed by atoms with Crippen molar-refractivity contribution in [2.24, 2.45) is 0 Å². The van der Waals surface area contributed by atoms with Gasteiger partial charge in [-0.2, -0.15) is 0 Å². The van der Waals surface area contributed by atoms with Gasteiger partial charge in [0.2, 0.25) is 0 Å². The van der Waals surface area contributed by atoms with Gasteiger partial charge >= 0.3 is 0 Å². The van der Waals surface area contributed by atoms with Crippen LogP contribution in [0.15, 0.2) is 30.3 Å². The van der Waals surface area contributed by atoms with Gasteiger partial charge in [-0.1, -0.05) is 50.5 Å². The van der Waals surface area contributed by atoms with E-state index in [0.717, 1.165) is 18.8 Å². The summed E-state index contributed by atoms with van der Waals surface area (Å²) in [6, 6.07) is 8.26. The van der Waals surface area contributed by atoms with Crippen molar-refractivity contribution in [1.29, 1.82) is 0 Å². The molecule has 0 bridgehead atoms. The smallest absolute Gasteiger partial charge is 0.123 e. The van der Waals surface area contributed by atoms with E-state index in [1.807, 2.05) is 12.1 Å². The Labute approximate surface area is 122 Å². The Morgan fingerprint density at radius 2 is 2.15 bits per heavy atom. The van der Waals surface area contributed by atoms with Crippen LogP contribution in [0.2, 0.25) is 0 Å². The molecule has 0 N–H and O–H groups in total. The molecule has 0 aromatic heterocycles. The molecule has 1 aromatic rings. The first-order valence-electron chi connectivity index (χ1n) is 7.75. The highest BCUT2D eigenvalue weighted by Crippen LogP contribution is 2.27. The summed E-state index contributed by atoms with van der Waals surface area (Å²) in [5.41, 5.74) is 1.16. The van der Waals surface area contributed by atoms with Gasteiger partial charge in [-0.05, 0) is 37.5 Å². The van der Waals surface area contributed by atoms with Gasteiger partial charge in [0.1, 0.15) is 18.0 Å². The topological polar surface area (TPSA) is 21.8 Å². The van der Waals surface area contributed by atoms with Crippen molar-refractivity contribution in [3.8, 4) is 5.75 Å². The summed E-state index contributed by atoms with van der Waals surface area (Å²) in [6.07, 6.45) is 10.9. The first kappa shape index (κ1) is 15.1. The van der Waals surface area contributed by atoms with Crippen molar-refractivity contribution >= 4 is 6.08 Å². The van der Waals surface area contributed by atoms with Crippen molar-refractivity contribution in [3.63, 3.8) is 0 Å². The molecule has 20 heavy (non-hydrogen) atoms. The maximum Gasteiger partial charge on any atom is 0.123 e. The highest BCUT2D eigenvalue weighted by molar-refractivity contribution is 5.51. The zero-order valence-electron chi connectivity index (χ0n) is 12.7. The zero-order chi connectivity index (χ0) is 14.3. The molecular weight excluding hydrogens is 248 g/mol. The van der Waals surface area contributed by atoms with Gasteiger partial charge in [-0.3, -0.25) is 0 Å². The number of benzene rings is 1.